The second kappa shape index (κ2) is 13.2. The number of nitrogens with zero attached hydrogens (tertiary/aromatic N) is 2. The van der Waals surface area contributed by atoms with Crippen molar-refractivity contribution in [3.8, 4) is 11.1 Å². The van der Waals surface area contributed by atoms with Crippen molar-refractivity contribution in [3.63, 3.8) is 0 Å². The van der Waals surface area contributed by atoms with E-state index in [0.717, 1.165) is 23.1 Å². The zero-order valence-electron chi connectivity index (χ0n) is 21.2. The minimum Gasteiger partial charge on any atom is -0.469 e. The molecular formula is C28H35N3O4. The molecule has 0 fully saturated rings. The zero-order valence-corrected chi connectivity index (χ0v) is 21.2. The van der Waals surface area contributed by atoms with Gasteiger partial charge >= 0.3 is 5.97 Å². The molecule has 2 N–H and O–H groups in total. The van der Waals surface area contributed by atoms with Gasteiger partial charge in [-0.3, -0.25) is 19.4 Å². The summed E-state index contributed by atoms with van der Waals surface area (Å²) in [6.07, 6.45) is 7.75. The van der Waals surface area contributed by atoms with Crippen molar-refractivity contribution < 1.29 is 14.3 Å². The van der Waals surface area contributed by atoms with Crippen molar-refractivity contribution in [1.82, 2.24) is 9.55 Å². The van der Waals surface area contributed by atoms with Gasteiger partial charge in [0.15, 0.2) is 0 Å². The summed E-state index contributed by atoms with van der Waals surface area (Å²) < 4.78 is 6.07. The van der Waals surface area contributed by atoms with Crippen LogP contribution in [0.1, 0.15) is 54.5 Å². The summed E-state index contributed by atoms with van der Waals surface area (Å²) in [5.74, 6) is -0.648. The lowest BCUT2D eigenvalue weighted by Gasteiger charge is -2.15. The van der Waals surface area contributed by atoms with Crippen molar-refractivity contribution in [1.29, 1.82) is 0 Å². The lowest BCUT2D eigenvalue weighted by Crippen LogP contribution is -2.33. The van der Waals surface area contributed by atoms with Crippen LogP contribution in [0.25, 0.3) is 11.1 Å². The second-order valence-electron chi connectivity index (χ2n) is 8.58. The van der Waals surface area contributed by atoms with Gasteiger partial charge in [-0.25, -0.2) is 0 Å². The number of aromatic nitrogens is 2. The molecule has 1 aromatic carbocycles. The molecule has 3 aromatic rings. The Morgan fingerprint density at radius 3 is 2.34 bits per heavy atom. The first kappa shape index (κ1) is 27.5. The van der Waals surface area contributed by atoms with Crippen LogP contribution in [0.3, 0.4) is 0 Å². The van der Waals surface area contributed by atoms with Gasteiger partial charge < -0.3 is 15.0 Å². The average molecular weight is 478 g/mol. The first-order chi connectivity index (χ1) is 16.7. The Balaban J connectivity index is 0.000000258. The van der Waals surface area contributed by atoms with Crippen LogP contribution in [0.15, 0.2) is 59.8 Å². The SMILES string of the molecule is CCCC(C(N)=O)n1ccc(C)cc1=O.COC(=O)CCc1cncc(-c2c(C)cccc2C)c1. The number of ether oxygens (including phenoxy) is 1. The first-order valence-electron chi connectivity index (χ1n) is 11.7. The third kappa shape index (κ3) is 7.91. The maximum absolute atomic E-state index is 11.6. The molecule has 1 unspecified atom stereocenters. The maximum Gasteiger partial charge on any atom is 0.305 e. The standard InChI is InChI=1S/C17H19NO2.C11H16N2O2/c1-12-5-4-6-13(2)17(12)15-9-14(10-18-11-15)7-8-16(19)20-3;1-3-4-9(11(12)15)13-6-5-8(2)7-10(13)14/h4-6,9-11H,7-8H2,1-3H3;5-7,9H,3-4H2,1-2H3,(H2,12,15). The number of methoxy groups -OCH3 is 1. The molecule has 1 amide bonds. The fourth-order valence-electron chi connectivity index (χ4n) is 3.92. The van der Waals surface area contributed by atoms with Crippen LogP contribution in [0.5, 0.6) is 0 Å². The lowest BCUT2D eigenvalue weighted by molar-refractivity contribution is -0.140. The number of carbonyl (C=O) groups is 2. The number of pyridine rings is 2. The third-order valence-corrected chi connectivity index (χ3v) is 5.74. The molecule has 2 heterocycles. The lowest BCUT2D eigenvalue weighted by atomic mass is 9.96. The van der Waals surface area contributed by atoms with E-state index in [9.17, 15) is 14.4 Å². The average Bonchev–Trinajstić information content (AvgIpc) is 2.82. The van der Waals surface area contributed by atoms with Crippen molar-refractivity contribution in [2.75, 3.05) is 7.11 Å². The molecule has 0 radical (unpaired) electrons. The molecule has 0 aliphatic heterocycles. The number of hydrogen-bond donors (Lipinski definition) is 1. The van der Waals surface area contributed by atoms with Gasteiger partial charge in [-0.2, -0.15) is 0 Å². The van der Waals surface area contributed by atoms with E-state index in [1.165, 1.54) is 34.4 Å². The van der Waals surface area contributed by atoms with Gasteiger partial charge in [-0.05, 0) is 73.6 Å². The summed E-state index contributed by atoms with van der Waals surface area (Å²) in [5, 5.41) is 0. The van der Waals surface area contributed by atoms with E-state index in [1.54, 1.807) is 18.5 Å². The van der Waals surface area contributed by atoms with Gasteiger partial charge in [0, 0.05) is 36.6 Å². The number of hydrogen-bond acceptors (Lipinski definition) is 5. The molecule has 0 saturated heterocycles. The molecule has 0 aliphatic rings. The van der Waals surface area contributed by atoms with Crippen LogP contribution in [-0.4, -0.2) is 28.5 Å². The number of benzene rings is 1. The largest absolute Gasteiger partial charge is 0.469 e. The van der Waals surface area contributed by atoms with E-state index in [2.05, 4.69) is 47.8 Å². The van der Waals surface area contributed by atoms with Gasteiger partial charge in [0.1, 0.15) is 6.04 Å². The van der Waals surface area contributed by atoms with Crippen LogP contribution < -0.4 is 11.3 Å². The molecule has 2 aromatic heterocycles. The highest BCUT2D eigenvalue weighted by atomic mass is 16.5. The fraction of sp³-hybridized carbons (Fsp3) is 0.357. The van der Waals surface area contributed by atoms with Crippen LogP contribution in [0.4, 0.5) is 0 Å². The Labute approximate surface area is 207 Å². The minimum absolute atomic E-state index is 0.174. The van der Waals surface area contributed by atoms with Gasteiger partial charge in [-0.1, -0.05) is 31.5 Å². The monoisotopic (exact) mass is 477 g/mol. The number of amides is 1. The Kier molecular flexibility index (Phi) is 10.4. The third-order valence-electron chi connectivity index (χ3n) is 5.74. The van der Waals surface area contributed by atoms with Gasteiger partial charge in [0.25, 0.3) is 5.56 Å². The Morgan fingerprint density at radius 2 is 1.77 bits per heavy atom. The number of aryl methyl sites for hydroxylation is 4. The molecule has 1 atom stereocenters. The zero-order chi connectivity index (χ0) is 26.0. The van der Waals surface area contributed by atoms with Crippen molar-refractivity contribution >= 4 is 11.9 Å². The molecule has 186 valence electrons. The van der Waals surface area contributed by atoms with Crippen molar-refractivity contribution in [2.45, 2.75) is 59.4 Å². The highest BCUT2D eigenvalue weighted by molar-refractivity contribution is 5.78. The molecule has 0 saturated carbocycles. The van der Waals surface area contributed by atoms with E-state index < -0.39 is 11.9 Å². The Bertz CT molecular complexity index is 1200. The van der Waals surface area contributed by atoms with Crippen LogP contribution in [0, 0.1) is 20.8 Å². The van der Waals surface area contributed by atoms with Gasteiger partial charge in [0.05, 0.1) is 7.11 Å². The first-order valence-corrected chi connectivity index (χ1v) is 11.7. The van der Waals surface area contributed by atoms with E-state index in [-0.39, 0.29) is 11.5 Å². The van der Waals surface area contributed by atoms with Crippen LogP contribution in [0.2, 0.25) is 0 Å². The summed E-state index contributed by atoms with van der Waals surface area (Å²) in [7, 11) is 1.41. The summed E-state index contributed by atoms with van der Waals surface area (Å²) in [4.78, 5) is 38.3. The topological polar surface area (TPSA) is 104 Å². The predicted octanol–water partition coefficient (Wildman–Crippen LogP) is 4.45. The molecule has 0 spiro atoms. The number of primary amides is 1. The van der Waals surface area contributed by atoms with E-state index in [4.69, 9.17) is 5.73 Å². The molecule has 7 nitrogen and oxygen atoms in total. The van der Waals surface area contributed by atoms with Crippen LogP contribution in [-0.2, 0) is 20.7 Å². The van der Waals surface area contributed by atoms with Crippen LogP contribution >= 0.6 is 0 Å². The normalized spacial score (nSPS) is 11.2. The number of carbonyl (C=O) groups excluding carboxylic acids is 2. The minimum atomic E-state index is -0.525. The number of nitrogens with two attached hydrogens (primary N) is 1. The van der Waals surface area contributed by atoms with Gasteiger partial charge in [0.2, 0.25) is 5.91 Å². The Morgan fingerprint density at radius 1 is 1.09 bits per heavy atom. The number of rotatable bonds is 8. The summed E-state index contributed by atoms with van der Waals surface area (Å²) in [6.45, 7) is 7.99. The van der Waals surface area contributed by atoms with E-state index >= 15 is 0 Å². The molecular weight excluding hydrogens is 442 g/mol. The molecule has 0 bridgehead atoms. The summed E-state index contributed by atoms with van der Waals surface area (Å²) in [6, 6.07) is 11.1. The number of esters is 1. The molecule has 35 heavy (non-hydrogen) atoms. The van der Waals surface area contributed by atoms with Crippen molar-refractivity contribution in [3.05, 3.63) is 87.6 Å². The second-order valence-corrected chi connectivity index (χ2v) is 8.58. The highest BCUT2D eigenvalue weighted by Gasteiger charge is 2.16. The highest BCUT2D eigenvalue weighted by Crippen LogP contribution is 2.27. The predicted molar refractivity (Wildman–Crippen MR) is 138 cm³/mol. The van der Waals surface area contributed by atoms with E-state index in [0.29, 0.717) is 19.3 Å². The molecule has 7 heteroatoms. The molecule has 0 aliphatic carbocycles. The summed E-state index contributed by atoms with van der Waals surface area (Å²) in [5.41, 5.74) is 11.8. The fourth-order valence-corrected chi connectivity index (χ4v) is 3.92. The smallest absolute Gasteiger partial charge is 0.305 e. The molecule has 3 rings (SSSR count). The van der Waals surface area contributed by atoms with Crippen molar-refractivity contribution in [2.24, 2.45) is 5.73 Å². The quantitative estimate of drug-likeness (QED) is 0.483. The Hall–Kier alpha value is -3.74. The summed E-state index contributed by atoms with van der Waals surface area (Å²) >= 11 is 0. The van der Waals surface area contributed by atoms with Gasteiger partial charge in [-0.15, -0.1) is 0 Å². The van der Waals surface area contributed by atoms with E-state index in [1.807, 2.05) is 20.0 Å². The maximum atomic E-state index is 11.6.